The van der Waals surface area contributed by atoms with Crippen molar-refractivity contribution in [2.75, 3.05) is 6.61 Å². The van der Waals surface area contributed by atoms with Crippen molar-refractivity contribution in [3.05, 3.63) is 0 Å². The van der Waals surface area contributed by atoms with Gasteiger partial charge in [0.25, 0.3) is 0 Å². The third kappa shape index (κ3) is 10.3. The molecule has 0 amide bonds. The average Bonchev–Trinajstić information content (AvgIpc) is 1.95. The number of carbonyl (C=O) groups excluding carboxylic acids is 1. The Morgan fingerprint density at radius 2 is 1.92 bits per heavy atom. The van der Waals surface area contributed by atoms with Crippen LogP contribution in [0.15, 0.2) is 0 Å². The van der Waals surface area contributed by atoms with Crippen LogP contribution in [0, 0.1) is 5.92 Å². The van der Waals surface area contributed by atoms with Crippen LogP contribution in [0.2, 0.25) is 0 Å². The lowest BCUT2D eigenvalue weighted by Crippen LogP contribution is -2.12. The number of carbonyl (C=O) groups is 1. The Balaban J connectivity index is 3.53. The van der Waals surface area contributed by atoms with Crippen molar-refractivity contribution in [3.63, 3.8) is 0 Å². The van der Waals surface area contributed by atoms with Gasteiger partial charge in [-0.15, -0.1) is 0 Å². The lowest BCUT2D eigenvalue weighted by Gasteiger charge is -2.10. The zero-order valence-electron chi connectivity index (χ0n) is 7.65. The molecule has 5 heteroatoms. The molecule has 0 aliphatic rings. The molecule has 0 radical (unpaired) electrons. The summed E-state index contributed by atoms with van der Waals surface area (Å²) in [5, 5.41) is 0. The number of alkyl halides is 3. The summed E-state index contributed by atoms with van der Waals surface area (Å²) in [6.45, 7) is 4.34. The van der Waals surface area contributed by atoms with Gasteiger partial charge in [0.2, 0.25) is 0 Å². The Labute approximate surface area is 93.5 Å². The van der Waals surface area contributed by atoms with Crippen molar-refractivity contribution in [1.82, 2.24) is 0 Å². The standard InChI is InChI=1S/C8H13Cl3O2/c1-6(2)5-13-7(12)3-4-8(9,10)11/h6H,3-5H2,1-2H3. The molecule has 0 N–H and O–H groups in total. The number of esters is 1. The summed E-state index contributed by atoms with van der Waals surface area (Å²) in [4.78, 5) is 11.0. The largest absolute Gasteiger partial charge is 0.465 e. The van der Waals surface area contributed by atoms with Crippen molar-refractivity contribution in [3.8, 4) is 0 Å². The lowest BCUT2D eigenvalue weighted by atomic mass is 10.2. The van der Waals surface area contributed by atoms with E-state index in [1.165, 1.54) is 0 Å². The highest BCUT2D eigenvalue weighted by Crippen LogP contribution is 2.31. The smallest absolute Gasteiger partial charge is 0.305 e. The van der Waals surface area contributed by atoms with E-state index in [9.17, 15) is 4.79 Å². The SMILES string of the molecule is CC(C)COC(=O)CCC(Cl)(Cl)Cl. The fraction of sp³-hybridized carbons (Fsp3) is 0.875. The summed E-state index contributed by atoms with van der Waals surface area (Å²) in [5.74, 6) is 0.0109. The van der Waals surface area contributed by atoms with Gasteiger partial charge >= 0.3 is 5.97 Å². The molecule has 0 aromatic carbocycles. The molecule has 0 aromatic heterocycles. The van der Waals surface area contributed by atoms with E-state index in [1.54, 1.807) is 0 Å². The number of hydrogen-bond acceptors (Lipinski definition) is 2. The predicted molar refractivity (Wildman–Crippen MR) is 55.3 cm³/mol. The van der Waals surface area contributed by atoms with Crippen LogP contribution in [0.3, 0.4) is 0 Å². The molecule has 0 aliphatic carbocycles. The number of halogens is 3. The van der Waals surface area contributed by atoms with Crippen LogP contribution >= 0.6 is 34.8 Å². The number of hydrogen-bond donors (Lipinski definition) is 0. The zero-order chi connectivity index (χ0) is 10.5. The molecule has 0 bridgehead atoms. The second kappa shape index (κ2) is 5.94. The zero-order valence-corrected chi connectivity index (χ0v) is 9.92. The molecular weight excluding hydrogens is 234 g/mol. The van der Waals surface area contributed by atoms with Crippen molar-refractivity contribution < 1.29 is 9.53 Å². The minimum absolute atomic E-state index is 0.142. The van der Waals surface area contributed by atoms with Crippen LogP contribution < -0.4 is 0 Å². The van der Waals surface area contributed by atoms with Crippen LogP contribution in [0.25, 0.3) is 0 Å². The molecule has 0 aromatic rings. The van der Waals surface area contributed by atoms with Gasteiger partial charge < -0.3 is 4.74 Å². The van der Waals surface area contributed by atoms with Gasteiger partial charge in [-0.05, 0) is 5.92 Å². The monoisotopic (exact) mass is 246 g/mol. The minimum Gasteiger partial charge on any atom is -0.465 e. The Hall–Kier alpha value is 0.340. The molecule has 78 valence electrons. The fourth-order valence-corrected chi connectivity index (χ4v) is 0.859. The first kappa shape index (κ1) is 13.3. The molecule has 0 unspecified atom stereocenters. The molecule has 0 spiro atoms. The van der Waals surface area contributed by atoms with Gasteiger partial charge in [0.1, 0.15) is 0 Å². The van der Waals surface area contributed by atoms with Crippen LogP contribution in [0.1, 0.15) is 26.7 Å². The molecule has 0 heterocycles. The van der Waals surface area contributed by atoms with Gasteiger partial charge in [-0.2, -0.15) is 0 Å². The minimum atomic E-state index is -1.36. The van der Waals surface area contributed by atoms with E-state index in [0.29, 0.717) is 12.5 Å². The van der Waals surface area contributed by atoms with Gasteiger partial charge in [-0.25, -0.2) is 0 Å². The van der Waals surface area contributed by atoms with E-state index >= 15 is 0 Å². The molecule has 0 saturated carbocycles. The van der Waals surface area contributed by atoms with E-state index in [1.807, 2.05) is 13.8 Å². The van der Waals surface area contributed by atoms with Gasteiger partial charge in [-0.1, -0.05) is 48.7 Å². The van der Waals surface area contributed by atoms with Crippen LogP contribution in [-0.4, -0.2) is 16.4 Å². The first-order chi connectivity index (χ1) is 5.81. The van der Waals surface area contributed by atoms with Crippen molar-refractivity contribution >= 4 is 40.8 Å². The molecule has 13 heavy (non-hydrogen) atoms. The maximum absolute atomic E-state index is 11.0. The summed E-state index contributed by atoms with van der Waals surface area (Å²) in [6, 6.07) is 0. The first-order valence-corrected chi connectivity index (χ1v) is 5.17. The third-order valence-corrected chi connectivity index (χ3v) is 1.76. The topological polar surface area (TPSA) is 26.3 Å². The van der Waals surface area contributed by atoms with E-state index in [2.05, 4.69) is 0 Å². The quantitative estimate of drug-likeness (QED) is 0.563. The summed E-state index contributed by atoms with van der Waals surface area (Å²) in [5.41, 5.74) is 0. The molecule has 2 nitrogen and oxygen atoms in total. The van der Waals surface area contributed by atoms with Gasteiger partial charge in [0.15, 0.2) is 3.79 Å². The summed E-state index contributed by atoms with van der Waals surface area (Å²) < 4.78 is 3.52. The average molecular weight is 248 g/mol. The van der Waals surface area contributed by atoms with E-state index < -0.39 is 3.79 Å². The Kier molecular flexibility index (Phi) is 6.10. The van der Waals surface area contributed by atoms with Crippen LogP contribution in [0.4, 0.5) is 0 Å². The first-order valence-electron chi connectivity index (χ1n) is 4.03. The highest BCUT2D eigenvalue weighted by atomic mass is 35.6. The van der Waals surface area contributed by atoms with Gasteiger partial charge in [-0.3, -0.25) is 4.79 Å². The second-order valence-electron chi connectivity index (χ2n) is 3.19. The molecular formula is C8H13Cl3O2. The van der Waals surface area contributed by atoms with E-state index in [4.69, 9.17) is 39.5 Å². The molecule has 0 atom stereocenters. The highest BCUT2D eigenvalue weighted by Gasteiger charge is 2.21. The Morgan fingerprint density at radius 3 is 2.31 bits per heavy atom. The molecule has 0 aliphatic heterocycles. The molecule has 0 rings (SSSR count). The normalized spacial score (nSPS) is 11.8. The lowest BCUT2D eigenvalue weighted by molar-refractivity contribution is -0.144. The highest BCUT2D eigenvalue weighted by molar-refractivity contribution is 6.67. The molecule has 0 fully saturated rings. The van der Waals surface area contributed by atoms with E-state index in [-0.39, 0.29) is 18.8 Å². The summed E-state index contributed by atoms with van der Waals surface area (Å²) in [6.07, 6.45) is 0.331. The molecule has 0 saturated heterocycles. The van der Waals surface area contributed by atoms with Gasteiger partial charge in [0, 0.05) is 12.8 Å². The maximum Gasteiger partial charge on any atom is 0.305 e. The Bertz CT molecular complexity index is 163. The fourth-order valence-electron chi connectivity index (χ4n) is 0.576. The Morgan fingerprint density at radius 1 is 1.38 bits per heavy atom. The van der Waals surface area contributed by atoms with Crippen molar-refractivity contribution in [1.29, 1.82) is 0 Å². The summed E-state index contributed by atoms with van der Waals surface area (Å²) in [7, 11) is 0. The summed E-state index contributed by atoms with van der Waals surface area (Å²) >= 11 is 16.4. The predicted octanol–water partition coefficient (Wildman–Crippen LogP) is 3.34. The van der Waals surface area contributed by atoms with Gasteiger partial charge in [0.05, 0.1) is 6.61 Å². The van der Waals surface area contributed by atoms with Crippen molar-refractivity contribution in [2.45, 2.75) is 30.5 Å². The van der Waals surface area contributed by atoms with Crippen LogP contribution in [-0.2, 0) is 9.53 Å². The van der Waals surface area contributed by atoms with E-state index in [0.717, 1.165) is 0 Å². The number of rotatable bonds is 4. The number of ether oxygens (including phenoxy) is 1. The van der Waals surface area contributed by atoms with Crippen molar-refractivity contribution in [2.24, 2.45) is 5.92 Å². The third-order valence-electron chi connectivity index (χ3n) is 1.19. The van der Waals surface area contributed by atoms with Crippen LogP contribution in [0.5, 0.6) is 0 Å². The second-order valence-corrected chi connectivity index (χ2v) is 5.71. The maximum atomic E-state index is 11.0.